The summed E-state index contributed by atoms with van der Waals surface area (Å²) in [5.74, 6) is 0.450. The standard InChI is InChI=1S/C12H17BrO2S/c1-8(2)10-7-12(14,4-5-15-10)11-9(13)3-6-16-11/h3,6,8,10,14H,4-5,7H2,1-2H3. The first kappa shape index (κ1) is 12.6. The minimum Gasteiger partial charge on any atom is -0.384 e. The van der Waals surface area contributed by atoms with Gasteiger partial charge in [0.05, 0.1) is 17.6 Å². The smallest absolute Gasteiger partial charge is 0.105 e. The summed E-state index contributed by atoms with van der Waals surface area (Å²) < 4.78 is 6.72. The summed E-state index contributed by atoms with van der Waals surface area (Å²) in [4.78, 5) is 1.04. The van der Waals surface area contributed by atoms with Gasteiger partial charge in [-0.05, 0) is 33.3 Å². The number of ether oxygens (including phenoxy) is 1. The molecule has 0 aromatic carbocycles. The molecule has 2 rings (SSSR count). The fourth-order valence-corrected chi connectivity index (χ4v) is 4.02. The van der Waals surface area contributed by atoms with Crippen molar-refractivity contribution >= 4 is 27.3 Å². The van der Waals surface area contributed by atoms with Gasteiger partial charge in [0.1, 0.15) is 5.60 Å². The lowest BCUT2D eigenvalue weighted by atomic mass is 9.85. The Morgan fingerprint density at radius 1 is 1.62 bits per heavy atom. The predicted molar refractivity (Wildman–Crippen MR) is 69.7 cm³/mol. The van der Waals surface area contributed by atoms with Crippen molar-refractivity contribution in [3.05, 3.63) is 20.8 Å². The second-order valence-electron chi connectivity index (χ2n) is 4.74. The summed E-state index contributed by atoms with van der Waals surface area (Å²) in [5.41, 5.74) is -0.708. The summed E-state index contributed by atoms with van der Waals surface area (Å²) in [5, 5.41) is 12.7. The summed E-state index contributed by atoms with van der Waals surface area (Å²) in [7, 11) is 0. The average Bonchev–Trinajstić information content (AvgIpc) is 2.65. The third kappa shape index (κ3) is 2.35. The van der Waals surface area contributed by atoms with Crippen molar-refractivity contribution in [3.8, 4) is 0 Å². The lowest BCUT2D eigenvalue weighted by molar-refractivity contribution is -0.120. The number of halogens is 1. The Hall–Kier alpha value is 0.1000. The maximum atomic E-state index is 10.7. The largest absolute Gasteiger partial charge is 0.384 e. The number of thiophene rings is 1. The highest BCUT2D eigenvalue weighted by molar-refractivity contribution is 9.10. The molecule has 1 N–H and O–H groups in total. The number of rotatable bonds is 2. The molecule has 1 aromatic rings. The first-order valence-electron chi connectivity index (χ1n) is 5.60. The van der Waals surface area contributed by atoms with E-state index in [0.29, 0.717) is 25.4 Å². The van der Waals surface area contributed by atoms with E-state index in [0.717, 1.165) is 9.35 Å². The summed E-state index contributed by atoms with van der Waals surface area (Å²) >= 11 is 5.12. The molecule has 90 valence electrons. The molecule has 0 bridgehead atoms. The van der Waals surface area contributed by atoms with Crippen LogP contribution in [0.3, 0.4) is 0 Å². The van der Waals surface area contributed by atoms with Crippen LogP contribution >= 0.6 is 27.3 Å². The number of aliphatic hydroxyl groups is 1. The molecule has 16 heavy (non-hydrogen) atoms. The Kier molecular flexibility index (Phi) is 3.74. The third-order valence-corrected chi connectivity index (χ3v) is 5.20. The van der Waals surface area contributed by atoms with E-state index in [-0.39, 0.29) is 6.10 Å². The highest BCUT2D eigenvalue weighted by atomic mass is 79.9. The first-order valence-corrected chi connectivity index (χ1v) is 7.27. The normalized spacial score (nSPS) is 30.9. The van der Waals surface area contributed by atoms with E-state index in [1.807, 2.05) is 11.4 Å². The van der Waals surface area contributed by atoms with Crippen molar-refractivity contribution in [3.63, 3.8) is 0 Å². The molecule has 1 saturated heterocycles. The van der Waals surface area contributed by atoms with Crippen LogP contribution in [0, 0.1) is 5.92 Å². The van der Waals surface area contributed by atoms with Crippen molar-refractivity contribution in [2.45, 2.75) is 38.4 Å². The fourth-order valence-electron chi connectivity index (χ4n) is 2.13. The van der Waals surface area contributed by atoms with Gasteiger partial charge in [0, 0.05) is 17.3 Å². The van der Waals surface area contributed by atoms with Crippen LogP contribution in [0.1, 0.15) is 31.6 Å². The minimum absolute atomic E-state index is 0.160. The van der Waals surface area contributed by atoms with E-state index in [9.17, 15) is 5.11 Å². The monoisotopic (exact) mass is 304 g/mol. The molecule has 1 aliphatic heterocycles. The second kappa shape index (κ2) is 4.77. The van der Waals surface area contributed by atoms with Crippen molar-refractivity contribution in [1.82, 2.24) is 0 Å². The fraction of sp³-hybridized carbons (Fsp3) is 0.667. The first-order chi connectivity index (χ1) is 7.53. The van der Waals surface area contributed by atoms with Crippen LogP contribution in [0.25, 0.3) is 0 Å². The Bertz CT molecular complexity index is 364. The Morgan fingerprint density at radius 2 is 2.38 bits per heavy atom. The van der Waals surface area contributed by atoms with E-state index in [1.54, 1.807) is 11.3 Å². The molecule has 4 heteroatoms. The maximum absolute atomic E-state index is 10.7. The van der Waals surface area contributed by atoms with Gasteiger partial charge in [-0.1, -0.05) is 13.8 Å². The lowest BCUT2D eigenvalue weighted by Gasteiger charge is -2.38. The molecule has 0 spiro atoms. The summed E-state index contributed by atoms with van der Waals surface area (Å²) in [6.07, 6.45) is 1.55. The third-order valence-electron chi connectivity index (χ3n) is 3.17. The van der Waals surface area contributed by atoms with Crippen LogP contribution in [-0.4, -0.2) is 17.8 Å². The predicted octanol–water partition coefficient (Wildman–Crippen LogP) is 3.53. The molecule has 0 saturated carbocycles. The van der Waals surface area contributed by atoms with Crippen molar-refractivity contribution in [2.24, 2.45) is 5.92 Å². The van der Waals surface area contributed by atoms with Crippen LogP contribution in [0.4, 0.5) is 0 Å². The van der Waals surface area contributed by atoms with Crippen LogP contribution in [0.5, 0.6) is 0 Å². The molecular weight excluding hydrogens is 288 g/mol. The molecule has 2 unspecified atom stereocenters. The molecule has 0 amide bonds. The number of hydrogen-bond donors (Lipinski definition) is 1. The van der Waals surface area contributed by atoms with Crippen molar-refractivity contribution in [2.75, 3.05) is 6.61 Å². The second-order valence-corrected chi connectivity index (χ2v) is 6.51. The van der Waals surface area contributed by atoms with E-state index in [2.05, 4.69) is 29.8 Å². The van der Waals surface area contributed by atoms with E-state index in [1.165, 1.54) is 0 Å². The summed E-state index contributed by atoms with van der Waals surface area (Å²) in [6, 6.07) is 2.00. The zero-order valence-corrected chi connectivity index (χ0v) is 12.0. The lowest BCUT2D eigenvalue weighted by Crippen LogP contribution is -2.40. The van der Waals surface area contributed by atoms with Gasteiger partial charge in [0.25, 0.3) is 0 Å². The van der Waals surface area contributed by atoms with Crippen molar-refractivity contribution < 1.29 is 9.84 Å². The molecule has 0 aliphatic carbocycles. The van der Waals surface area contributed by atoms with Crippen molar-refractivity contribution in [1.29, 1.82) is 0 Å². The SMILES string of the molecule is CC(C)C1CC(O)(c2sccc2Br)CCO1. The zero-order chi connectivity index (χ0) is 11.8. The molecular formula is C12H17BrO2S. The van der Waals surface area contributed by atoms with Gasteiger partial charge in [-0.25, -0.2) is 0 Å². The highest BCUT2D eigenvalue weighted by Gasteiger charge is 2.39. The minimum atomic E-state index is -0.708. The van der Waals surface area contributed by atoms with Gasteiger partial charge in [-0.15, -0.1) is 11.3 Å². The topological polar surface area (TPSA) is 29.5 Å². The summed E-state index contributed by atoms with van der Waals surface area (Å²) in [6.45, 7) is 4.92. The zero-order valence-electron chi connectivity index (χ0n) is 9.57. The van der Waals surface area contributed by atoms with Crippen LogP contribution in [0.2, 0.25) is 0 Å². The number of hydrogen-bond acceptors (Lipinski definition) is 3. The van der Waals surface area contributed by atoms with E-state index < -0.39 is 5.60 Å². The van der Waals surface area contributed by atoms with E-state index >= 15 is 0 Å². The quantitative estimate of drug-likeness (QED) is 0.905. The Balaban J connectivity index is 2.22. The molecule has 2 heterocycles. The van der Waals surface area contributed by atoms with Gasteiger partial charge in [0.15, 0.2) is 0 Å². The molecule has 1 aromatic heterocycles. The average molecular weight is 305 g/mol. The molecule has 2 nitrogen and oxygen atoms in total. The Morgan fingerprint density at radius 3 is 2.94 bits per heavy atom. The van der Waals surface area contributed by atoms with Gasteiger partial charge < -0.3 is 9.84 Å². The molecule has 2 atom stereocenters. The molecule has 1 aliphatic rings. The van der Waals surface area contributed by atoms with Gasteiger partial charge in [-0.3, -0.25) is 0 Å². The van der Waals surface area contributed by atoms with Gasteiger partial charge >= 0.3 is 0 Å². The van der Waals surface area contributed by atoms with Crippen LogP contribution < -0.4 is 0 Å². The van der Waals surface area contributed by atoms with Crippen LogP contribution in [-0.2, 0) is 10.3 Å². The van der Waals surface area contributed by atoms with E-state index in [4.69, 9.17) is 4.74 Å². The molecule has 0 radical (unpaired) electrons. The molecule has 1 fully saturated rings. The van der Waals surface area contributed by atoms with Gasteiger partial charge in [0.2, 0.25) is 0 Å². The highest BCUT2D eigenvalue weighted by Crippen LogP contribution is 2.42. The maximum Gasteiger partial charge on any atom is 0.105 e. The van der Waals surface area contributed by atoms with Gasteiger partial charge in [-0.2, -0.15) is 0 Å². The van der Waals surface area contributed by atoms with Crippen LogP contribution in [0.15, 0.2) is 15.9 Å². The Labute approximate surface area is 109 Å².